The topological polar surface area (TPSA) is 0 Å². The molecule has 0 bridgehead atoms. The summed E-state index contributed by atoms with van der Waals surface area (Å²) >= 11 is 0. The molecule has 1 atom stereocenters. The summed E-state index contributed by atoms with van der Waals surface area (Å²) in [6, 6.07) is 1.36. The van der Waals surface area contributed by atoms with E-state index in [4.69, 9.17) is 0 Å². The zero-order chi connectivity index (χ0) is 18.9. The normalized spacial score (nSPS) is 14.6. The first-order valence-corrected chi connectivity index (χ1v) is 12.8. The third kappa shape index (κ3) is 6.50. The summed E-state index contributed by atoms with van der Waals surface area (Å²) < 4.78 is 0. The minimum atomic E-state index is -1.75. The minimum Gasteiger partial charge on any atom is -1.00 e. The number of rotatable bonds is 6. The maximum atomic E-state index is 3.70. The van der Waals surface area contributed by atoms with Crippen LogP contribution in [-0.4, -0.2) is 8.07 Å². The van der Waals surface area contributed by atoms with Crippen LogP contribution >= 0.6 is 0 Å². The second kappa shape index (κ2) is 13.8. The van der Waals surface area contributed by atoms with Crippen LogP contribution in [0.15, 0.2) is 16.8 Å². The van der Waals surface area contributed by atoms with Crippen LogP contribution in [-0.2, 0) is 21.7 Å². The zero-order valence-corrected chi connectivity index (χ0v) is 24.4. The van der Waals surface area contributed by atoms with Crippen molar-refractivity contribution >= 4 is 13.3 Å². The first kappa shape index (κ1) is 34.1. The number of hydrogen-bond donors (Lipinski definition) is 0. The molecule has 0 heterocycles. The Morgan fingerprint density at radius 1 is 0.897 bits per heavy atom. The second-order valence-electron chi connectivity index (χ2n) is 8.50. The average molecular weight is 508 g/mol. The summed E-state index contributed by atoms with van der Waals surface area (Å²) in [5.74, 6) is 0.579. The van der Waals surface area contributed by atoms with E-state index in [-0.39, 0.29) is 58.9 Å². The first-order valence-electron chi connectivity index (χ1n) is 10.1. The molecule has 0 aliphatic heterocycles. The van der Waals surface area contributed by atoms with E-state index in [2.05, 4.69) is 74.1 Å². The van der Waals surface area contributed by atoms with Crippen molar-refractivity contribution in [2.45, 2.75) is 87.2 Å². The van der Waals surface area contributed by atoms with Gasteiger partial charge >= 0.3 is 21.7 Å². The molecule has 0 radical (unpaired) electrons. The third-order valence-electron chi connectivity index (χ3n) is 6.64. The summed E-state index contributed by atoms with van der Waals surface area (Å²) in [7, 11) is -1.75. The van der Waals surface area contributed by atoms with E-state index < -0.39 is 8.07 Å². The van der Waals surface area contributed by atoms with Crippen LogP contribution in [0.4, 0.5) is 0 Å². The van der Waals surface area contributed by atoms with Crippen LogP contribution in [0.1, 0.15) is 67.9 Å². The van der Waals surface area contributed by atoms with Gasteiger partial charge in [0.1, 0.15) is 0 Å². The predicted molar refractivity (Wildman–Crippen MR) is 115 cm³/mol. The van der Waals surface area contributed by atoms with Crippen LogP contribution in [0.2, 0.25) is 12.6 Å². The second-order valence-corrected chi connectivity index (χ2v) is 12.7. The smallest absolute Gasteiger partial charge is 1.00 e. The monoisotopic (exact) mass is 506 g/mol. The molecule has 0 amide bonds. The number of benzene rings is 1. The molecule has 1 unspecified atom stereocenters. The van der Waals surface area contributed by atoms with E-state index in [1.807, 2.05) is 0 Å². The minimum absolute atomic E-state index is 0. The zero-order valence-electron chi connectivity index (χ0n) is 19.6. The SMILES string of the molecule is CCCC[Si](C)(C1=CC[C-]=C1C(C)C)c1c(C)c(C)c(C)c(C)c1C.[Cl-].[Cl-].[Cl-].[Ti+4]. The Labute approximate surface area is 214 Å². The van der Waals surface area contributed by atoms with Crippen LogP contribution in [0.5, 0.6) is 0 Å². The summed E-state index contributed by atoms with van der Waals surface area (Å²) in [5.41, 5.74) is 9.12. The van der Waals surface area contributed by atoms with Crippen molar-refractivity contribution in [3.63, 3.8) is 0 Å². The van der Waals surface area contributed by atoms with E-state index in [9.17, 15) is 0 Å². The average Bonchev–Trinajstić information content (AvgIpc) is 3.07. The van der Waals surface area contributed by atoms with E-state index >= 15 is 0 Å². The Morgan fingerprint density at radius 3 is 1.76 bits per heavy atom. The fourth-order valence-corrected chi connectivity index (χ4v) is 10.2. The Kier molecular flexibility index (Phi) is 16.3. The van der Waals surface area contributed by atoms with Crippen molar-refractivity contribution in [2.24, 2.45) is 5.92 Å². The maximum absolute atomic E-state index is 3.70. The van der Waals surface area contributed by atoms with Crippen molar-refractivity contribution in [1.82, 2.24) is 0 Å². The Hall–Kier alpha value is 0.501. The van der Waals surface area contributed by atoms with Crippen molar-refractivity contribution < 1.29 is 58.9 Å². The molecular formula is C24H37Cl3SiTi. The fourth-order valence-electron chi connectivity index (χ4n) is 4.76. The summed E-state index contributed by atoms with van der Waals surface area (Å²) in [4.78, 5) is 0. The molecular weight excluding hydrogens is 471 g/mol. The third-order valence-corrected chi connectivity index (χ3v) is 11.5. The number of halogens is 3. The number of unbranched alkanes of at least 4 members (excludes halogenated alkanes) is 1. The molecule has 0 saturated carbocycles. The van der Waals surface area contributed by atoms with Crippen LogP contribution in [0.25, 0.3) is 0 Å². The number of allylic oxidation sites excluding steroid dienone is 4. The molecule has 5 heteroatoms. The fraction of sp³-hybridized carbons (Fsp3) is 0.583. The molecule has 1 aromatic carbocycles. The molecule has 0 aromatic heterocycles. The molecule has 0 N–H and O–H groups in total. The van der Waals surface area contributed by atoms with Gasteiger partial charge < -0.3 is 37.2 Å². The van der Waals surface area contributed by atoms with Gasteiger partial charge in [-0.2, -0.15) is 11.3 Å². The molecule has 0 spiro atoms. The van der Waals surface area contributed by atoms with Gasteiger partial charge in [0, 0.05) is 8.07 Å². The summed E-state index contributed by atoms with van der Waals surface area (Å²) in [6.45, 7) is 21.3. The predicted octanol–water partition coefficient (Wildman–Crippen LogP) is -2.42. The summed E-state index contributed by atoms with van der Waals surface area (Å²) in [6.07, 6.45) is 9.83. The van der Waals surface area contributed by atoms with Crippen LogP contribution in [0, 0.1) is 46.6 Å². The molecule has 1 aromatic rings. The molecule has 1 aliphatic rings. The van der Waals surface area contributed by atoms with Crippen molar-refractivity contribution in [3.8, 4) is 0 Å². The van der Waals surface area contributed by atoms with Gasteiger partial charge in [0.05, 0.1) is 0 Å². The molecule has 1 aliphatic carbocycles. The van der Waals surface area contributed by atoms with Gasteiger partial charge in [0.15, 0.2) is 0 Å². The molecule has 0 fully saturated rings. The molecule has 29 heavy (non-hydrogen) atoms. The molecule has 0 saturated heterocycles. The summed E-state index contributed by atoms with van der Waals surface area (Å²) in [5, 5.41) is 3.40. The molecule has 0 nitrogen and oxygen atoms in total. The molecule has 162 valence electrons. The van der Waals surface area contributed by atoms with Gasteiger partial charge in [-0.1, -0.05) is 57.3 Å². The van der Waals surface area contributed by atoms with E-state index in [1.54, 1.807) is 21.5 Å². The first-order chi connectivity index (χ1) is 11.7. The van der Waals surface area contributed by atoms with Gasteiger partial charge in [0.25, 0.3) is 0 Å². The van der Waals surface area contributed by atoms with E-state index in [1.165, 1.54) is 41.1 Å². The van der Waals surface area contributed by atoms with Crippen molar-refractivity contribution in [2.75, 3.05) is 0 Å². The Morgan fingerprint density at radius 2 is 1.34 bits per heavy atom. The Balaban J connectivity index is -0.00000169. The van der Waals surface area contributed by atoms with E-state index in [0.29, 0.717) is 5.92 Å². The maximum Gasteiger partial charge on any atom is 4.00 e. The Bertz CT molecular complexity index is 709. The molecule has 2 rings (SSSR count). The van der Waals surface area contributed by atoms with Crippen molar-refractivity contribution in [1.29, 1.82) is 0 Å². The van der Waals surface area contributed by atoms with Gasteiger partial charge in [-0.3, -0.25) is 6.08 Å². The van der Waals surface area contributed by atoms with Crippen molar-refractivity contribution in [3.05, 3.63) is 50.7 Å². The van der Waals surface area contributed by atoms with E-state index in [0.717, 1.165) is 6.42 Å². The number of hydrogen-bond acceptors (Lipinski definition) is 0. The van der Waals surface area contributed by atoms with Gasteiger partial charge in [-0.05, 0) is 62.4 Å². The van der Waals surface area contributed by atoms with Crippen LogP contribution < -0.4 is 42.4 Å². The quantitative estimate of drug-likeness (QED) is 0.297. The largest absolute Gasteiger partial charge is 4.00 e. The standard InChI is InChI=1S/C24H37Si.3ClH.Ti/c1-10-11-15-25(9,23-14-12-13-22(23)16(2)3)24-20(7)18(5)17(4)19(6)21(24)8;;;;/h14,16H,10-12,15H2,1-9H3;3*1H;/q-1;;;;+4/p-3. The van der Waals surface area contributed by atoms with Gasteiger partial charge in [-0.25, -0.2) is 5.57 Å². The van der Waals surface area contributed by atoms with Gasteiger partial charge in [-0.15, -0.1) is 6.42 Å². The van der Waals surface area contributed by atoms with Crippen LogP contribution in [0.3, 0.4) is 0 Å². The van der Waals surface area contributed by atoms with Gasteiger partial charge in [0.2, 0.25) is 0 Å².